The number of halogens is 4. The van der Waals surface area contributed by atoms with E-state index in [1.807, 2.05) is 0 Å². The van der Waals surface area contributed by atoms with E-state index in [1.165, 1.54) is 6.07 Å². The van der Waals surface area contributed by atoms with E-state index in [2.05, 4.69) is 0 Å². The zero-order valence-corrected chi connectivity index (χ0v) is 26.4. The Balaban J connectivity index is 1.36. The van der Waals surface area contributed by atoms with Crippen LogP contribution in [0.5, 0.6) is 5.75 Å². The highest BCUT2D eigenvalue weighted by Crippen LogP contribution is 2.51. The first kappa shape index (κ1) is 33.7. The van der Waals surface area contributed by atoms with Crippen LogP contribution < -0.4 is 15.2 Å². The maximum atomic E-state index is 15.5. The molecule has 3 fully saturated rings. The van der Waals surface area contributed by atoms with Crippen LogP contribution in [0.1, 0.15) is 23.3 Å². The molecule has 4 heterocycles. The number of hydrogen-bond donors (Lipinski definition) is 4. The predicted octanol–water partition coefficient (Wildman–Crippen LogP) is 2.87. The molecule has 0 spiro atoms. The van der Waals surface area contributed by atoms with Gasteiger partial charge in [0.05, 0.1) is 16.8 Å². The molecule has 6 rings (SSSR count). The summed E-state index contributed by atoms with van der Waals surface area (Å²) in [5, 5.41) is 8.20. The quantitative estimate of drug-likeness (QED) is 0.0975. The van der Waals surface area contributed by atoms with E-state index in [1.54, 1.807) is 4.72 Å². The van der Waals surface area contributed by atoms with Gasteiger partial charge in [-0.05, 0) is 30.3 Å². The number of fused-ring (bicyclic) bond motifs is 4. The van der Waals surface area contributed by atoms with Crippen LogP contribution in [0.3, 0.4) is 0 Å². The zero-order chi connectivity index (χ0) is 32.8. The Hall–Kier alpha value is -2.65. The van der Waals surface area contributed by atoms with Crippen LogP contribution in [0.2, 0.25) is 0 Å². The lowest BCUT2D eigenvalue weighted by Crippen LogP contribution is -2.75. The number of quaternary nitrogens is 2. The van der Waals surface area contributed by atoms with Gasteiger partial charge in [0.1, 0.15) is 74.3 Å². The zero-order valence-electron chi connectivity index (χ0n) is 23.9. The predicted molar refractivity (Wildman–Crippen MR) is 157 cm³/mol. The molecule has 5 N–H and O–H groups in total. The minimum absolute atomic E-state index is 0.106. The summed E-state index contributed by atoms with van der Waals surface area (Å²) < 4.78 is 106. The van der Waals surface area contributed by atoms with Crippen molar-refractivity contribution >= 4 is 39.0 Å². The van der Waals surface area contributed by atoms with Crippen molar-refractivity contribution in [1.29, 1.82) is 5.26 Å². The fourth-order valence-electron chi connectivity index (χ4n) is 6.08. The molecule has 1 unspecified atom stereocenters. The van der Waals surface area contributed by atoms with Gasteiger partial charge < -0.3 is 29.2 Å². The van der Waals surface area contributed by atoms with Crippen molar-refractivity contribution in [2.45, 2.75) is 16.4 Å². The van der Waals surface area contributed by atoms with Gasteiger partial charge in [0.2, 0.25) is 5.82 Å². The molecular formula is C27H32F4N5O6PS2+2. The highest BCUT2D eigenvalue weighted by molar-refractivity contribution is 7.92. The van der Waals surface area contributed by atoms with Crippen LogP contribution in [0, 0.1) is 34.6 Å². The summed E-state index contributed by atoms with van der Waals surface area (Å²) in [6.07, 6.45) is 0.943. The van der Waals surface area contributed by atoms with Crippen LogP contribution >= 0.6 is 18.9 Å². The number of benzene rings is 2. The number of nitrogens with two attached hydrogens (primary N) is 1. The fourth-order valence-corrected chi connectivity index (χ4v) is 10.1. The number of nitrogens with one attached hydrogen (secondary N) is 1. The molecule has 0 amide bonds. The molecule has 2 bridgehead atoms. The standard InChI is InChI=1S/C27H30F4N5O6PS2/c28-20-14-17(2-3-18(20)16-33)27(43(37,38)39)34-45(40,41)21-15-19-22(29)23(30)25(24(31)26(19)44-21)42-13-12-36-9-6-35(7-10-36,8-11-36)5-1-4-32/h2-3,14-15,27,34H,1,4-13,32H2/p+2. The van der Waals surface area contributed by atoms with Crippen LogP contribution in [-0.4, -0.2) is 92.7 Å². The highest BCUT2D eigenvalue weighted by atomic mass is 32.2. The summed E-state index contributed by atoms with van der Waals surface area (Å²) in [4.78, 5) is 19.7. The van der Waals surface area contributed by atoms with Crippen LogP contribution in [0.25, 0.3) is 10.1 Å². The molecule has 1 atom stereocenters. The lowest BCUT2D eigenvalue weighted by atomic mass is 10.1. The third kappa shape index (κ3) is 6.62. The average Bonchev–Trinajstić information content (AvgIpc) is 3.47. The van der Waals surface area contributed by atoms with Crippen LogP contribution in [0.4, 0.5) is 17.6 Å². The summed E-state index contributed by atoms with van der Waals surface area (Å²) >= 11 is 0.205. The van der Waals surface area contributed by atoms with E-state index < -0.39 is 77.8 Å². The number of piperazine rings is 3. The molecule has 0 radical (unpaired) electrons. The smallest absolute Gasteiger partial charge is 0.347 e. The summed E-state index contributed by atoms with van der Waals surface area (Å²) in [5.74, 6) is -8.94. The molecule has 3 saturated heterocycles. The lowest BCUT2D eigenvalue weighted by molar-refractivity contribution is -1.08. The molecule has 0 saturated carbocycles. The fraction of sp³-hybridized carbons (Fsp3) is 0.444. The molecule has 18 heteroatoms. The summed E-state index contributed by atoms with van der Waals surface area (Å²) in [7, 11) is -10.2. The number of thiophene rings is 1. The van der Waals surface area contributed by atoms with Gasteiger partial charge in [0.15, 0.2) is 17.4 Å². The molecule has 0 aliphatic carbocycles. The first-order chi connectivity index (χ1) is 21.1. The van der Waals surface area contributed by atoms with E-state index in [9.17, 15) is 27.2 Å². The molecule has 45 heavy (non-hydrogen) atoms. The number of hydrogen-bond acceptors (Lipinski definition) is 7. The van der Waals surface area contributed by atoms with Crippen molar-refractivity contribution < 1.29 is 54.0 Å². The number of sulfonamides is 1. The Labute approximate surface area is 260 Å². The van der Waals surface area contributed by atoms with Crippen molar-refractivity contribution in [2.24, 2.45) is 5.73 Å². The SMILES string of the molecule is N#Cc1ccc(C(NS(=O)(=O)c2cc3c(F)c(F)c(OCC[N+]45CC[N+](CCCN)(CC4)CC5)c(F)c3s2)P(=O)(O)O)cc1F. The third-order valence-electron chi connectivity index (χ3n) is 8.83. The van der Waals surface area contributed by atoms with Gasteiger partial charge in [-0.1, -0.05) is 6.07 Å². The molecular weight excluding hydrogens is 661 g/mol. The van der Waals surface area contributed by atoms with Gasteiger partial charge in [-0.25, -0.2) is 21.6 Å². The minimum atomic E-state index is -5.34. The normalized spacial score (nSPS) is 22.4. The Bertz CT molecular complexity index is 1810. The number of nitrogens with zero attached hydrogens (tertiary/aromatic N) is 3. The van der Waals surface area contributed by atoms with E-state index >= 15 is 13.2 Å². The van der Waals surface area contributed by atoms with Crippen LogP contribution in [0.15, 0.2) is 28.5 Å². The summed E-state index contributed by atoms with van der Waals surface area (Å²) in [6.45, 7) is 7.50. The van der Waals surface area contributed by atoms with Gasteiger partial charge in [0, 0.05) is 11.8 Å². The maximum absolute atomic E-state index is 15.5. The van der Waals surface area contributed by atoms with Gasteiger partial charge in [-0.2, -0.15) is 14.4 Å². The molecule has 244 valence electrons. The minimum Gasteiger partial charge on any atom is -0.481 e. The first-order valence-corrected chi connectivity index (χ1v) is 18.0. The Kier molecular flexibility index (Phi) is 9.37. The molecule has 1 aromatic heterocycles. The van der Waals surface area contributed by atoms with E-state index in [-0.39, 0.29) is 17.9 Å². The highest BCUT2D eigenvalue weighted by Gasteiger charge is 2.48. The second-order valence-electron chi connectivity index (χ2n) is 11.5. The van der Waals surface area contributed by atoms with Gasteiger partial charge in [-0.15, -0.1) is 11.3 Å². The number of ether oxygens (including phenoxy) is 1. The van der Waals surface area contributed by atoms with Crippen molar-refractivity contribution in [3.8, 4) is 11.8 Å². The van der Waals surface area contributed by atoms with Crippen molar-refractivity contribution in [2.75, 3.05) is 65.5 Å². The Morgan fingerprint density at radius 2 is 1.64 bits per heavy atom. The lowest BCUT2D eigenvalue weighted by Gasteiger charge is -2.55. The molecule has 3 aliphatic rings. The summed E-state index contributed by atoms with van der Waals surface area (Å²) in [6, 6.07) is 4.62. The largest absolute Gasteiger partial charge is 0.481 e. The third-order valence-corrected chi connectivity index (χ3v) is 13.1. The topological polar surface area (TPSA) is 163 Å². The van der Waals surface area contributed by atoms with E-state index in [0.29, 0.717) is 29.7 Å². The second kappa shape index (κ2) is 12.5. The Morgan fingerprint density at radius 3 is 2.20 bits per heavy atom. The monoisotopic (exact) mass is 693 g/mol. The van der Waals surface area contributed by atoms with Crippen molar-refractivity contribution in [3.63, 3.8) is 0 Å². The van der Waals surface area contributed by atoms with E-state index in [4.69, 9.17) is 15.7 Å². The molecule has 3 aliphatic heterocycles. The van der Waals surface area contributed by atoms with Crippen molar-refractivity contribution in [3.05, 3.63) is 58.7 Å². The summed E-state index contributed by atoms with van der Waals surface area (Å²) in [5.41, 5.74) is 4.73. The van der Waals surface area contributed by atoms with Gasteiger partial charge in [-0.3, -0.25) is 4.57 Å². The Morgan fingerprint density at radius 1 is 1.02 bits per heavy atom. The second-order valence-corrected chi connectivity index (χ2v) is 16.2. The molecule has 2 aromatic carbocycles. The van der Waals surface area contributed by atoms with E-state index in [0.717, 1.165) is 68.8 Å². The first-order valence-electron chi connectivity index (χ1n) is 14.0. The number of nitriles is 1. The van der Waals surface area contributed by atoms with Gasteiger partial charge >= 0.3 is 7.60 Å². The van der Waals surface area contributed by atoms with Crippen LogP contribution in [-0.2, 0) is 14.6 Å². The molecule has 11 nitrogen and oxygen atoms in total. The average molecular weight is 694 g/mol. The number of rotatable bonds is 12. The molecule has 3 aromatic rings. The van der Waals surface area contributed by atoms with Gasteiger partial charge in [0.25, 0.3) is 10.0 Å². The van der Waals surface area contributed by atoms with Crippen molar-refractivity contribution in [1.82, 2.24) is 4.72 Å². The maximum Gasteiger partial charge on any atom is 0.347 e.